The van der Waals surface area contributed by atoms with E-state index in [1.54, 1.807) is 12.1 Å². The summed E-state index contributed by atoms with van der Waals surface area (Å²) in [6.07, 6.45) is 1.93. The molecule has 19 heavy (non-hydrogen) atoms. The summed E-state index contributed by atoms with van der Waals surface area (Å²) in [7, 11) is 0. The van der Waals surface area contributed by atoms with Crippen LogP contribution in [-0.4, -0.2) is 27.8 Å². The minimum absolute atomic E-state index is 0.0686. The molecule has 0 aromatic heterocycles. The van der Waals surface area contributed by atoms with Gasteiger partial charge in [-0.2, -0.15) is 0 Å². The lowest BCUT2D eigenvalue weighted by atomic mass is 10.1. The molecule has 2 aliphatic rings. The number of hydrogen-bond donors (Lipinski definition) is 1. The molecule has 2 fully saturated rings. The van der Waals surface area contributed by atoms with Crippen LogP contribution in [0.15, 0.2) is 24.3 Å². The highest BCUT2D eigenvalue weighted by Crippen LogP contribution is 2.37. The van der Waals surface area contributed by atoms with Crippen molar-refractivity contribution in [3.05, 3.63) is 39.9 Å². The molecule has 2 atom stereocenters. The van der Waals surface area contributed by atoms with Crippen LogP contribution in [0.2, 0.25) is 0 Å². The van der Waals surface area contributed by atoms with Gasteiger partial charge in [0, 0.05) is 18.2 Å². The molecule has 1 amide bonds. The lowest BCUT2D eigenvalue weighted by molar-refractivity contribution is -0.384. The van der Waals surface area contributed by atoms with E-state index in [4.69, 9.17) is 0 Å². The van der Waals surface area contributed by atoms with Crippen molar-refractivity contribution in [2.45, 2.75) is 38.0 Å². The Morgan fingerprint density at radius 3 is 2.47 bits per heavy atom. The van der Waals surface area contributed by atoms with Crippen LogP contribution in [0.5, 0.6) is 0 Å². The number of nitro benzene ring substituents is 1. The second-order valence-electron chi connectivity index (χ2n) is 5.12. The highest BCUT2D eigenvalue weighted by Gasteiger charge is 2.44. The number of carbonyl (C=O) groups excluding carboxylic acids is 1. The van der Waals surface area contributed by atoms with Crippen LogP contribution in [0.25, 0.3) is 0 Å². The maximum Gasteiger partial charge on any atom is 0.269 e. The SMILES string of the molecule is CC1NC(c2ccc([N+](=O)[O-])cc2)N(C2CC2)C1=O. The number of nitro groups is 1. The Balaban J connectivity index is 1.88. The number of benzene rings is 1. The summed E-state index contributed by atoms with van der Waals surface area (Å²) in [5, 5.41) is 13.9. The summed E-state index contributed by atoms with van der Waals surface area (Å²) in [5.41, 5.74) is 0.967. The topological polar surface area (TPSA) is 75.5 Å². The summed E-state index contributed by atoms with van der Waals surface area (Å²) in [5.74, 6) is 0.117. The molecule has 1 aromatic carbocycles. The van der Waals surface area contributed by atoms with Crippen LogP contribution in [0.4, 0.5) is 5.69 Å². The molecule has 1 N–H and O–H groups in total. The van der Waals surface area contributed by atoms with Crippen molar-refractivity contribution in [3.8, 4) is 0 Å². The van der Waals surface area contributed by atoms with E-state index in [0.717, 1.165) is 18.4 Å². The average molecular weight is 261 g/mol. The first kappa shape index (κ1) is 12.1. The molecule has 1 heterocycles. The molecule has 100 valence electrons. The molecule has 1 saturated carbocycles. The van der Waals surface area contributed by atoms with Crippen molar-refractivity contribution in [3.63, 3.8) is 0 Å². The van der Waals surface area contributed by atoms with Crippen molar-refractivity contribution in [1.29, 1.82) is 0 Å². The Bertz CT molecular complexity index is 524. The van der Waals surface area contributed by atoms with Gasteiger partial charge >= 0.3 is 0 Å². The van der Waals surface area contributed by atoms with Crippen LogP contribution in [-0.2, 0) is 4.79 Å². The first-order chi connectivity index (χ1) is 9.08. The van der Waals surface area contributed by atoms with Gasteiger partial charge < -0.3 is 4.90 Å². The van der Waals surface area contributed by atoms with Gasteiger partial charge in [-0.25, -0.2) is 0 Å². The Labute approximate surface area is 110 Å². The highest BCUT2D eigenvalue weighted by molar-refractivity contribution is 5.84. The van der Waals surface area contributed by atoms with E-state index in [2.05, 4.69) is 5.32 Å². The summed E-state index contributed by atoms with van der Waals surface area (Å²) in [6, 6.07) is 6.53. The quantitative estimate of drug-likeness (QED) is 0.662. The lowest BCUT2D eigenvalue weighted by Crippen LogP contribution is -2.32. The molecule has 0 bridgehead atoms. The zero-order valence-electron chi connectivity index (χ0n) is 10.6. The van der Waals surface area contributed by atoms with Crippen molar-refractivity contribution in [2.75, 3.05) is 0 Å². The third-order valence-electron chi connectivity index (χ3n) is 3.67. The third kappa shape index (κ3) is 2.08. The largest absolute Gasteiger partial charge is 0.319 e. The van der Waals surface area contributed by atoms with Gasteiger partial charge in [0.25, 0.3) is 5.69 Å². The summed E-state index contributed by atoms with van der Waals surface area (Å²) < 4.78 is 0. The number of hydrogen-bond acceptors (Lipinski definition) is 4. The van der Waals surface area contributed by atoms with E-state index in [-0.39, 0.29) is 23.8 Å². The van der Waals surface area contributed by atoms with Crippen molar-refractivity contribution in [1.82, 2.24) is 10.2 Å². The molecule has 1 aromatic rings. The minimum Gasteiger partial charge on any atom is -0.319 e. The normalized spacial score (nSPS) is 26.8. The van der Waals surface area contributed by atoms with E-state index >= 15 is 0 Å². The molecular formula is C13H15N3O3. The van der Waals surface area contributed by atoms with Gasteiger partial charge in [-0.15, -0.1) is 0 Å². The molecule has 1 aliphatic carbocycles. The Kier molecular flexibility index (Phi) is 2.74. The molecule has 6 nitrogen and oxygen atoms in total. The number of nitrogens with zero attached hydrogens (tertiary/aromatic N) is 2. The first-order valence-corrected chi connectivity index (χ1v) is 6.40. The van der Waals surface area contributed by atoms with Crippen LogP contribution < -0.4 is 5.32 Å². The van der Waals surface area contributed by atoms with Gasteiger partial charge in [0.05, 0.1) is 11.0 Å². The monoisotopic (exact) mass is 261 g/mol. The number of carbonyl (C=O) groups is 1. The van der Waals surface area contributed by atoms with Crippen LogP contribution >= 0.6 is 0 Å². The Morgan fingerprint density at radius 2 is 1.95 bits per heavy atom. The molecule has 0 spiro atoms. The Morgan fingerprint density at radius 1 is 1.32 bits per heavy atom. The maximum atomic E-state index is 12.1. The second kappa shape index (κ2) is 4.31. The van der Waals surface area contributed by atoms with Crippen LogP contribution in [0, 0.1) is 10.1 Å². The highest BCUT2D eigenvalue weighted by atomic mass is 16.6. The Hall–Kier alpha value is -1.95. The number of non-ortho nitro benzene ring substituents is 1. The van der Waals surface area contributed by atoms with E-state index in [9.17, 15) is 14.9 Å². The zero-order chi connectivity index (χ0) is 13.6. The molecule has 1 aliphatic heterocycles. The number of amides is 1. The maximum absolute atomic E-state index is 12.1. The van der Waals surface area contributed by atoms with Crippen molar-refractivity contribution < 1.29 is 9.72 Å². The minimum atomic E-state index is -0.418. The fourth-order valence-corrected chi connectivity index (χ4v) is 2.52. The van der Waals surface area contributed by atoms with Crippen LogP contribution in [0.3, 0.4) is 0 Å². The van der Waals surface area contributed by atoms with Gasteiger partial charge in [0.1, 0.15) is 6.17 Å². The predicted octanol–water partition coefficient (Wildman–Crippen LogP) is 1.58. The molecule has 3 rings (SSSR count). The molecular weight excluding hydrogens is 246 g/mol. The standard InChI is InChI=1S/C13H15N3O3/c1-8-13(17)15(10-6-7-10)12(14-8)9-2-4-11(5-3-9)16(18)19/h2-5,8,10,12,14H,6-7H2,1H3. The zero-order valence-corrected chi connectivity index (χ0v) is 10.6. The molecule has 2 unspecified atom stereocenters. The van der Waals surface area contributed by atoms with Gasteiger partial charge in [-0.3, -0.25) is 20.2 Å². The lowest BCUT2D eigenvalue weighted by Gasteiger charge is -2.24. The van der Waals surface area contributed by atoms with Crippen molar-refractivity contribution in [2.24, 2.45) is 0 Å². The van der Waals surface area contributed by atoms with E-state index in [1.807, 2.05) is 11.8 Å². The van der Waals surface area contributed by atoms with E-state index < -0.39 is 4.92 Å². The van der Waals surface area contributed by atoms with E-state index in [1.165, 1.54) is 12.1 Å². The van der Waals surface area contributed by atoms with Crippen LogP contribution in [0.1, 0.15) is 31.5 Å². The van der Waals surface area contributed by atoms with E-state index in [0.29, 0.717) is 6.04 Å². The van der Waals surface area contributed by atoms with Gasteiger partial charge in [0.2, 0.25) is 5.91 Å². The summed E-state index contributed by atoms with van der Waals surface area (Å²) in [6.45, 7) is 1.85. The molecule has 0 radical (unpaired) electrons. The number of nitrogens with one attached hydrogen (secondary N) is 1. The predicted molar refractivity (Wildman–Crippen MR) is 68.3 cm³/mol. The van der Waals surface area contributed by atoms with Gasteiger partial charge in [-0.1, -0.05) is 0 Å². The summed E-state index contributed by atoms with van der Waals surface area (Å²) in [4.78, 5) is 24.2. The summed E-state index contributed by atoms with van der Waals surface area (Å²) >= 11 is 0. The number of rotatable bonds is 3. The van der Waals surface area contributed by atoms with Crippen molar-refractivity contribution >= 4 is 11.6 Å². The first-order valence-electron chi connectivity index (χ1n) is 6.40. The fraction of sp³-hybridized carbons (Fsp3) is 0.462. The van der Waals surface area contributed by atoms with Gasteiger partial charge in [-0.05, 0) is 37.5 Å². The fourth-order valence-electron chi connectivity index (χ4n) is 2.52. The average Bonchev–Trinajstić information content (AvgIpc) is 3.18. The molecule has 1 saturated heterocycles. The van der Waals surface area contributed by atoms with Gasteiger partial charge in [0.15, 0.2) is 0 Å². The third-order valence-corrected chi connectivity index (χ3v) is 3.67. The second-order valence-corrected chi connectivity index (χ2v) is 5.12. The molecule has 6 heteroatoms. The smallest absolute Gasteiger partial charge is 0.269 e.